The van der Waals surface area contributed by atoms with Gasteiger partial charge in [0.25, 0.3) is 0 Å². The number of carbonyl (C=O) groups excluding carboxylic acids is 1. The summed E-state index contributed by atoms with van der Waals surface area (Å²) in [5.74, 6) is 0.730. The molecule has 2 aliphatic carbocycles. The van der Waals surface area contributed by atoms with E-state index in [2.05, 4.69) is 41.4 Å². The minimum absolute atomic E-state index is 0.275. The van der Waals surface area contributed by atoms with Crippen molar-refractivity contribution in [2.75, 3.05) is 0 Å². The fourth-order valence-corrected chi connectivity index (χ4v) is 5.49. The topological polar surface area (TPSA) is 42.1 Å². The van der Waals surface area contributed by atoms with Crippen molar-refractivity contribution in [1.29, 1.82) is 0 Å². The quantitative estimate of drug-likeness (QED) is 0.462. The van der Waals surface area contributed by atoms with Crippen molar-refractivity contribution >= 4 is 16.9 Å². The Kier molecular flexibility index (Phi) is 3.85. The molecule has 0 saturated heterocycles. The molecule has 0 bridgehead atoms. The Bertz CT molecular complexity index is 993. The Hall–Kier alpha value is -2.55. The first-order valence-corrected chi connectivity index (χ1v) is 10.1. The summed E-state index contributed by atoms with van der Waals surface area (Å²) in [6.07, 6.45) is 7.80. The molecule has 1 aromatic heterocycles. The molecule has 3 aromatic rings. The third-order valence-electron chi connectivity index (χ3n) is 6.56. The third-order valence-corrected chi connectivity index (χ3v) is 6.56. The van der Waals surface area contributed by atoms with E-state index in [-0.39, 0.29) is 5.97 Å². The molecule has 0 aliphatic heterocycles. The normalized spacial score (nSPS) is 20.7. The highest BCUT2D eigenvalue weighted by atomic mass is 16.5. The lowest BCUT2D eigenvalue weighted by atomic mass is 9.69. The van der Waals surface area contributed by atoms with Gasteiger partial charge in [0.1, 0.15) is 5.75 Å². The van der Waals surface area contributed by atoms with Gasteiger partial charge < -0.3 is 9.72 Å². The predicted molar refractivity (Wildman–Crippen MR) is 107 cm³/mol. The average Bonchev–Trinajstić information content (AvgIpc) is 3.20. The molecule has 27 heavy (non-hydrogen) atoms. The van der Waals surface area contributed by atoms with E-state index in [0.717, 1.165) is 0 Å². The van der Waals surface area contributed by atoms with E-state index in [1.165, 1.54) is 67.6 Å². The number of H-pyrrole nitrogens is 1. The number of rotatable bonds is 2. The van der Waals surface area contributed by atoms with Crippen LogP contribution in [-0.2, 0) is 10.2 Å². The first-order valence-electron chi connectivity index (χ1n) is 10.1. The molecule has 1 fully saturated rings. The van der Waals surface area contributed by atoms with E-state index in [1.807, 2.05) is 12.1 Å². The molecule has 2 aromatic carbocycles. The monoisotopic (exact) mass is 359 g/mol. The molecule has 3 heteroatoms. The standard InChI is InChI=1S/C24H25NO2/c1-16(26)27-18-11-9-17(10-12-18)20-15-24(13-5-2-6-14-24)22-19-7-3-4-8-21(19)25-23(20)22/h3-4,7-12,20,25H,2,5-6,13-15H2,1H3. The fourth-order valence-electron chi connectivity index (χ4n) is 5.49. The Morgan fingerprint density at radius 1 is 1.04 bits per heavy atom. The maximum Gasteiger partial charge on any atom is 0.308 e. The Morgan fingerprint density at radius 3 is 2.52 bits per heavy atom. The largest absolute Gasteiger partial charge is 0.427 e. The van der Waals surface area contributed by atoms with Crippen LogP contribution in [0.3, 0.4) is 0 Å². The number of esters is 1. The van der Waals surface area contributed by atoms with Gasteiger partial charge in [-0.25, -0.2) is 0 Å². The summed E-state index contributed by atoms with van der Waals surface area (Å²) in [5.41, 5.74) is 5.85. The van der Waals surface area contributed by atoms with Crippen molar-refractivity contribution in [1.82, 2.24) is 4.98 Å². The van der Waals surface area contributed by atoms with E-state index >= 15 is 0 Å². The van der Waals surface area contributed by atoms with Crippen LogP contribution >= 0.6 is 0 Å². The van der Waals surface area contributed by atoms with E-state index in [4.69, 9.17) is 4.74 Å². The Labute approximate surface area is 159 Å². The molecule has 1 N–H and O–H groups in total. The molecule has 0 amide bonds. The molecule has 0 radical (unpaired) electrons. The summed E-state index contributed by atoms with van der Waals surface area (Å²) in [7, 11) is 0. The van der Waals surface area contributed by atoms with E-state index in [9.17, 15) is 4.79 Å². The van der Waals surface area contributed by atoms with Gasteiger partial charge in [0.2, 0.25) is 0 Å². The molecule has 1 spiro atoms. The molecule has 5 rings (SSSR count). The number of ether oxygens (including phenoxy) is 1. The minimum atomic E-state index is -0.275. The maximum absolute atomic E-state index is 11.2. The highest BCUT2D eigenvalue weighted by Gasteiger charge is 2.46. The lowest BCUT2D eigenvalue weighted by Gasteiger charge is -2.35. The molecule has 1 saturated carbocycles. The van der Waals surface area contributed by atoms with Gasteiger partial charge in [-0.1, -0.05) is 49.6 Å². The van der Waals surface area contributed by atoms with Crippen LogP contribution in [0.15, 0.2) is 48.5 Å². The second-order valence-corrected chi connectivity index (χ2v) is 8.22. The molecular weight excluding hydrogens is 334 g/mol. The molecular formula is C24H25NO2. The molecule has 2 aliphatic rings. The lowest BCUT2D eigenvalue weighted by molar-refractivity contribution is -0.131. The number of aromatic amines is 1. The lowest BCUT2D eigenvalue weighted by Crippen LogP contribution is -2.26. The number of hydrogen-bond donors (Lipinski definition) is 1. The maximum atomic E-state index is 11.2. The first-order chi connectivity index (χ1) is 13.2. The summed E-state index contributed by atoms with van der Waals surface area (Å²) >= 11 is 0. The minimum Gasteiger partial charge on any atom is -0.427 e. The van der Waals surface area contributed by atoms with Gasteiger partial charge in [-0.2, -0.15) is 0 Å². The molecule has 3 nitrogen and oxygen atoms in total. The van der Waals surface area contributed by atoms with Gasteiger partial charge in [0.15, 0.2) is 0 Å². The number of aromatic nitrogens is 1. The van der Waals surface area contributed by atoms with Gasteiger partial charge in [0, 0.05) is 29.4 Å². The van der Waals surface area contributed by atoms with Crippen molar-refractivity contribution in [3.05, 3.63) is 65.4 Å². The van der Waals surface area contributed by atoms with Gasteiger partial charge in [-0.15, -0.1) is 0 Å². The van der Waals surface area contributed by atoms with Crippen molar-refractivity contribution in [3.8, 4) is 5.75 Å². The van der Waals surface area contributed by atoms with Crippen LogP contribution in [0, 0.1) is 0 Å². The van der Waals surface area contributed by atoms with Gasteiger partial charge >= 0.3 is 5.97 Å². The van der Waals surface area contributed by atoms with Crippen LogP contribution in [0.1, 0.15) is 68.2 Å². The summed E-state index contributed by atoms with van der Waals surface area (Å²) < 4.78 is 5.21. The second-order valence-electron chi connectivity index (χ2n) is 8.22. The van der Waals surface area contributed by atoms with Gasteiger partial charge in [-0.3, -0.25) is 4.79 Å². The smallest absolute Gasteiger partial charge is 0.308 e. The van der Waals surface area contributed by atoms with E-state index < -0.39 is 0 Å². The van der Waals surface area contributed by atoms with Crippen molar-refractivity contribution in [3.63, 3.8) is 0 Å². The highest BCUT2D eigenvalue weighted by molar-refractivity contribution is 5.87. The third kappa shape index (κ3) is 2.68. The molecule has 1 heterocycles. The zero-order chi connectivity index (χ0) is 18.4. The summed E-state index contributed by atoms with van der Waals surface area (Å²) in [4.78, 5) is 15.0. The zero-order valence-corrected chi connectivity index (χ0v) is 15.8. The van der Waals surface area contributed by atoms with Crippen LogP contribution in [0.2, 0.25) is 0 Å². The number of hydrogen-bond acceptors (Lipinski definition) is 2. The molecule has 1 atom stereocenters. The van der Waals surface area contributed by atoms with Crippen molar-refractivity contribution < 1.29 is 9.53 Å². The van der Waals surface area contributed by atoms with Gasteiger partial charge in [-0.05, 0) is 54.0 Å². The number of para-hydroxylation sites is 1. The van der Waals surface area contributed by atoms with Crippen molar-refractivity contribution in [2.45, 2.75) is 56.8 Å². The zero-order valence-electron chi connectivity index (χ0n) is 15.8. The first kappa shape index (κ1) is 16.6. The summed E-state index contributed by atoms with van der Waals surface area (Å²) in [5, 5.41) is 1.41. The average molecular weight is 359 g/mol. The van der Waals surface area contributed by atoms with Crippen LogP contribution in [0.5, 0.6) is 5.75 Å². The number of nitrogens with one attached hydrogen (secondary N) is 1. The van der Waals surface area contributed by atoms with E-state index in [1.54, 1.807) is 5.56 Å². The van der Waals surface area contributed by atoms with Crippen LogP contribution in [0.25, 0.3) is 10.9 Å². The van der Waals surface area contributed by atoms with Crippen LogP contribution in [-0.4, -0.2) is 11.0 Å². The number of carbonyl (C=O) groups is 1. The van der Waals surface area contributed by atoms with Crippen LogP contribution < -0.4 is 4.74 Å². The number of benzene rings is 2. The van der Waals surface area contributed by atoms with E-state index in [0.29, 0.717) is 17.1 Å². The van der Waals surface area contributed by atoms with Crippen LogP contribution in [0.4, 0.5) is 0 Å². The fraction of sp³-hybridized carbons (Fsp3) is 0.375. The van der Waals surface area contributed by atoms with Gasteiger partial charge in [0.05, 0.1) is 0 Å². The predicted octanol–water partition coefficient (Wildman–Crippen LogP) is 5.83. The Morgan fingerprint density at radius 2 is 1.78 bits per heavy atom. The molecule has 138 valence electrons. The second kappa shape index (κ2) is 6.26. The molecule has 1 unspecified atom stereocenters. The highest BCUT2D eigenvalue weighted by Crippen LogP contribution is 2.57. The van der Waals surface area contributed by atoms with Crippen molar-refractivity contribution in [2.24, 2.45) is 0 Å². The summed E-state index contributed by atoms with van der Waals surface area (Å²) in [6, 6.07) is 16.9. The number of fused-ring (bicyclic) bond motifs is 4. The SMILES string of the molecule is CC(=O)Oc1ccc(C2CC3(CCCCC3)c3c2[nH]c2ccccc32)cc1. The Balaban J connectivity index is 1.60. The summed E-state index contributed by atoms with van der Waals surface area (Å²) in [6.45, 7) is 1.44.